The number of Topliss-reactive ketones (excluding diaryl/α,β-unsaturated/α-hetero) is 1. The minimum Gasteiger partial charge on any atom is -0.309 e. The Morgan fingerprint density at radius 1 is 1.40 bits per heavy atom. The molecule has 0 aliphatic carbocycles. The van der Waals surface area contributed by atoms with E-state index in [2.05, 4.69) is 19.2 Å². The summed E-state index contributed by atoms with van der Waals surface area (Å²) in [5, 5.41) is 3.85. The Balaban J connectivity index is 2.62. The average Bonchev–Trinajstić information content (AvgIpc) is 2.26. The molecule has 0 saturated carbocycles. The SMILES string of the molecule is CC1(C)CNCC(=O)c2ccc(Cl)cc21. The first-order valence-corrected chi connectivity index (χ1v) is 5.42. The van der Waals surface area contributed by atoms with Crippen LogP contribution in [-0.4, -0.2) is 18.9 Å². The van der Waals surface area contributed by atoms with E-state index >= 15 is 0 Å². The van der Waals surface area contributed by atoms with Gasteiger partial charge < -0.3 is 5.32 Å². The summed E-state index contributed by atoms with van der Waals surface area (Å²) in [6.07, 6.45) is 0. The zero-order chi connectivity index (χ0) is 11.1. The van der Waals surface area contributed by atoms with Gasteiger partial charge in [0.2, 0.25) is 0 Å². The van der Waals surface area contributed by atoms with Gasteiger partial charge in [0, 0.05) is 22.5 Å². The maximum atomic E-state index is 11.8. The van der Waals surface area contributed by atoms with Gasteiger partial charge in [0.25, 0.3) is 0 Å². The maximum absolute atomic E-state index is 11.8. The van der Waals surface area contributed by atoms with Crippen LogP contribution in [0.2, 0.25) is 5.02 Å². The molecule has 80 valence electrons. The average molecular weight is 224 g/mol. The molecule has 1 aromatic rings. The number of benzene rings is 1. The molecule has 0 bridgehead atoms. The number of fused-ring (bicyclic) bond motifs is 1. The van der Waals surface area contributed by atoms with Gasteiger partial charge in [-0.25, -0.2) is 0 Å². The highest BCUT2D eigenvalue weighted by atomic mass is 35.5. The molecule has 0 amide bonds. The summed E-state index contributed by atoms with van der Waals surface area (Å²) in [5.41, 5.74) is 1.80. The van der Waals surface area contributed by atoms with E-state index in [9.17, 15) is 4.79 Å². The first-order valence-electron chi connectivity index (χ1n) is 5.05. The fraction of sp³-hybridized carbons (Fsp3) is 0.417. The second kappa shape index (κ2) is 3.62. The summed E-state index contributed by atoms with van der Waals surface area (Å²) in [6, 6.07) is 5.51. The third-order valence-electron chi connectivity index (χ3n) is 2.86. The van der Waals surface area contributed by atoms with Crippen molar-refractivity contribution in [3.05, 3.63) is 34.3 Å². The maximum Gasteiger partial charge on any atom is 0.176 e. The first kappa shape index (κ1) is 10.7. The minimum absolute atomic E-state index is 0.0492. The molecule has 2 nitrogen and oxygen atoms in total. The van der Waals surface area contributed by atoms with E-state index in [1.54, 1.807) is 6.07 Å². The molecule has 2 rings (SSSR count). The lowest BCUT2D eigenvalue weighted by molar-refractivity contribution is 0.0994. The lowest BCUT2D eigenvalue weighted by atomic mass is 9.82. The van der Waals surface area contributed by atoms with Gasteiger partial charge >= 0.3 is 0 Å². The van der Waals surface area contributed by atoms with Crippen molar-refractivity contribution < 1.29 is 4.79 Å². The number of halogens is 1. The quantitative estimate of drug-likeness (QED) is 0.732. The molecule has 0 atom stereocenters. The van der Waals surface area contributed by atoms with Gasteiger partial charge in [-0.15, -0.1) is 0 Å². The van der Waals surface area contributed by atoms with E-state index < -0.39 is 0 Å². The fourth-order valence-corrected chi connectivity index (χ4v) is 2.17. The number of rotatable bonds is 0. The molecule has 1 heterocycles. The van der Waals surface area contributed by atoms with Gasteiger partial charge in [0.1, 0.15) is 0 Å². The largest absolute Gasteiger partial charge is 0.309 e. The topological polar surface area (TPSA) is 29.1 Å². The molecule has 15 heavy (non-hydrogen) atoms. The van der Waals surface area contributed by atoms with Gasteiger partial charge in [0.15, 0.2) is 5.78 Å². The van der Waals surface area contributed by atoms with Crippen LogP contribution in [0.3, 0.4) is 0 Å². The van der Waals surface area contributed by atoms with Gasteiger partial charge in [-0.1, -0.05) is 25.4 Å². The van der Waals surface area contributed by atoms with Crippen molar-refractivity contribution >= 4 is 17.4 Å². The van der Waals surface area contributed by atoms with Crippen LogP contribution in [0.5, 0.6) is 0 Å². The Bertz CT molecular complexity index is 412. The fourth-order valence-electron chi connectivity index (χ4n) is 2.00. The van der Waals surface area contributed by atoms with Crippen LogP contribution < -0.4 is 5.32 Å². The Kier molecular flexibility index (Phi) is 2.57. The highest BCUT2D eigenvalue weighted by Gasteiger charge is 2.29. The van der Waals surface area contributed by atoms with E-state index in [-0.39, 0.29) is 11.2 Å². The van der Waals surface area contributed by atoms with Crippen molar-refractivity contribution in [3.63, 3.8) is 0 Å². The number of ketones is 1. The number of carbonyl (C=O) groups is 1. The summed E-state index contributed by atoms with van der Waals surface area (Å²) in [7, 11) is 0. The summed E-state index contributed by atoms with van der Waals surface area (Å²) in [6.45, 7) is 5.45. The van der Waals surface area contributed by atoms with Crippen molar-refractivity contribution in [2.24, 2.45) is 0 Å². The molecule has 1 aromatic carbocycles. The molecule has 0 aromatic heterocycles. The number of hydrogen-bond donors (Lipinski definition) is 1. The van der Waals surface area contributed by atoms with E-state index in [1.807, 2.05) is 12.1 Å². The van der Waals surface area contributed by atoms with Crippen molar-refractivity contribution in [3.8, 4) is 0 Å². The van der Waals surface area contributed by atoms with Crippen LogP contribution in [0.1, 0.15) is 29.8 Å². The number of hydrogen-bond acceptors (Lipinski definition) is 2. The van der Waals surface area contributed by atoms with E-state index in [0.717, 1.165) is 17.7 Å². The molecule has 3 heteroatoms. The summed E-state index contributed by atoms with van der Waals surface area (Å²) >= 11 is 5.97. The van der Waals surface area contributed by atoms with Gasteiger partial charge in [-0.05, 0) is 23.8 Å². The standard InChI is InChI=1S/C12H14ClNO/c1-12(2)7-14-6-11(15)9-4-3-8(13)5-10(9)12/h3-5,14H,6-7H2,1-2H3. The van der Waals surface area contributed by atoms with E-state index in [4.69, 9.17) is 11.6 Å². The van der Waals surface area contributed by atoms with Crippen molar-refractivity contribution in [2.75, 3.05) is 13.1 Å². The molecule has 0 unspecified atom stereocenters. The lowest BCUT2D eigenvalue weighted by Gasteiger charge is -2.24. The normalized spacial score (nSPS) is 19.5. The predicted octanol–water partition coefficient (Wildman–Crippen LogP) is 2.40. The Hall–Kier alpha value is -0.860. The zero-order valence-electron chi connectivity index (χ0n) is 8.93. The Morgan fingerprint density at radius 2 is 2.13 bits per heavy atom. The third-order valence-corrected chi connectivity index (χ3v) is 3.10. The van der Waals surface area contributed by atoms with E-state index in [0.29, 0.717) is 11.6 Å². The Labute approximate surface area is 94.6 Å². The lowest BCUT2D eigenvalue weighted by Crippen LogP contribution is -2.31. The zero-order valence-corrected chi connectivity index (χ0v) is 9.69. The molecule has 0 spiro atoms. The van der Waals surface area contributed by atoms with Crippen molar-refractivity contribution in [1.82, 2.24) is 5.32 Å². The minimum atomic E-state index is -0.0492. The van der Waals surface area contributed by atoms with E-state index in [1.165, 1.54) is 0 Å². The molecule has 0 fully saturated rings. The van der Waals surface area contributed by atoms with Crippen LogP contribution >= 0.6 is 11.6 Å². The van der Waals surface area contributed by atoms with Crippen molar-refractivity contribution in [2.45, 2.75) is 19.3 Å². The van der Waals surface area contributed by atoms with Crippen LogP contribution in [0.25, 0.3) is 0 Å². The first-order chi connectivity index (χ1) is 7.00. The molecule has 1 aliphatic rings. The molecule has 0 radical (unpaired) electrons. The van der Waals surface area contributed by atoms with Crippen LogP contribution in [0, 0.1) is 0 Å². The highest BCUT2D eigenvalue weighted by molar-refractivity contribution is 6.30. The van der Waals surface area contributed by atoms with Gasteiger partial charge in [-0.3, -0.25) is 4.79 Å². The molecular weight excluding hydrogens is 210 g/mol. The summed E-state index contributed by atoms with van der Waals surface area (Å²) in [5.74, 6) is 0.146. The number of nitrogens with one attached hydrogen (secondary N) is 1. The smallest absolute Gasteiger partial charge is 0.176 e. The van der Waals surface area contributed by atoms with Crippen LogP contribution in [0.15, 0.2) is 18.2 Å². The Morgan fingerprint density at radius 3 is 2.87 bits per heavy atom. The monoisotopic (exact) mass is 223 g/mol. The highest BCUT2D eigenvalue weighted by Crippen LogP contribution is 2.30. The molecule has 0 saturated heterocycles. The van der Waals surface area contributed by atoms with Gasteiger partial charge in [0.05, 0.1) is 6.54 Å². The van der Waals surface area contributed by atoms with Gasteiger partial charge in [-0.2, -0.15) is 0 Å². The summed E-state index contributed by atoms with van der Waals surface area (Å²) < 4.78 is 0. The predicted molar refractivity (Wildman–Crippen MR) is 61.7 cm³/mol. The molecule has 1 aliphatic heterocycles. The number of carbonyl (C=O) groups excluding carboxylic acids is 1. The second-order valence-corrected chi connectivity index (χ2v) is 5.04. The molecular formula is C12H14ClNO. The van der Waals surface area contributed by atoms with Crippen LogP contribution in [0.4, 0.5) is 0 Å². The summed E-state index contributed by atoms with van der Waals surface area (Å²) in [4.78, 5) is 11.8. The molecule has 1 N–H and O–H groups in total. The van der Waals surface area contributed by atoms with Crippen LogP contribution in [-0.2, 0) is 5.41 Å². The third kappa shape index (κ3) is 1.92. The van der Waals surface area contributed by atoms with Crippen molar-refractivity contribution in [1.29, 1.82) is 0 Å². The second-order valence-electron chi connectivity index (χ2n) is 4.60.